The Labute approximate surface area is 233 Å². The number of anilines is 1. The molecule has 2 heterocycles. The minimum absolute atomic E-state index is 0.0200. The SMILES string of the molecule is Cc1ccc(S(=O)(=O)N2CCN(C(=O)C(c3cccs3)N(C(=O)CCl)c3cccc(C(F)(F)F)c3)CC2)cc1. The van der Waals surface area contributed by atoms with Crippen LogP contribution in [-0.4, -0.2) is 61.5 Å². The number of rotatable bonds is 7. The number of thiophene rings is 1. The molecule has 2 amide bonds. The molecule has 4 rings (SSSR count). The van der Waals surface area contributed by atoms with Crippen LogP contribution in [0.4, 0.5) is 18.9 Å². The summed E-state index contributed by atoms with van der Waals surface area (Å²) in [5, 5.41) is 1.69. The fraction of sp³-hybridized carbons (Fsp3) is 0.308. The van der Waals surface area contributed by atoms with Crippen LogP contribution in [0.1, 0.15) is 22.0 Å². The summed E-state index contributed by atoms with van der Waals surface area (Å²) >= 11 is 7.03. The van der Waals surface area contributed by atoms with Crippen LogP contribution in [0, 0.1) is 6.92 Å². The molecule has 0 saturated carbocycles. The van der Waals surface area contributed by atoms with Gasteiger partial charge in [0, 0.05) is 36.7 Å². The number of hydrogen-bond acceptors (Lipinski definition) is 5. The molecule has 2 aromatic carbocycles. The fourth-order valence-electron chi connectivity index (χ4n) is 4.32. The van der Waals surface area contributed by atoms with E-state index in [9.17, 15) is 31.2 Å². The van der Waals surface area contributed by atoms with Gasteiger partial charge in [-0.25, -0.2) is 8.42 Å². The number of piperazine rings is 1. The van der Waals surface area contributed by atoms with Crippen LogP contribution < -0.4 is 4.90 Å². The molecular formula is C26H25ClF3N3O4S2. The average molecular weight is 600 g/mol. The highest BCUT2D eigenvalue weighted by Crippen LogP contribution is 2.36. The van der Waals surface area contributed by atoms with Gasteiger partial charge in [0.1, 0.15) is 11.9 Å². The predicted molar refractivity (Wildman–Crippen MR) is 143 cm³/mol. The van der Waals surface area contributed by atoms with E-state index in [2.05, 4.69) is 0 Å². The summed E-state index contributed by atoms with van der Waals surface area (Å²) in [5.74, 6) is -1.85. The van der Waals surface area contributed by atoms with Gasteiger partial charge in [-0.05, 0) is 48.7 Å². The van der Waals surface area contributed by atoms with E-state index in [4.69, 9.17) is 11.6 Å². The van der Waals surface area contributed by atoms with Gasteiger partial charge in [0.05, 0.1) is 10.5 Å². The van der Waals surface area contributed by atoms with Crippen LogP contribution in [0.5, 0.6) is 0 Å². The third-order valence-electron chi connectivity index (χ3n) is 6.35. The number of halogens is 4. The molecule has 1 aromatic heterocycles. The third kappa shape index (κ3) is 6.29. The molecule has 0 bridgehead atoms. The van der Waals surface area contributed by atoms with Crippen molar-refractivity contribution in [3.63, 3.8) is 0 Å². The lowest BCUT2D eigenvalue weighted by atomic mass is 10.1. The molecule has 3 aromatic rings. The standard InChI is InChI=1S/C26H25ClF3N3O4S2/c1-18-7-9-21(10-8-18)39(36,37)32-13-11-31(12-14-32)25(35)24(22-6-3-15-38-22)33(23(34)17-27)20-5-2-4-19(16-20)26(28,29)30/h2-10,15-16,24H,11-14,17H2,1H3. The summed E-state index contributed by atoms with van der Waals surface area (Å²) in [7, 11) is -3.78. The molecule has 1 saturated heterocycles. The second kappa shape index (κ2) is 11.7. The summed E-state index contributed by atoms with van der Waals surface area (Å²) in [6.45, 7) is 1.97. The molecule has 1 aliphatic rings. The predicted octanol–water partition coefficient (Wildman–Crippen LogP) is 4.92. The first-order valence-corrected chi connectivity index (χ1v) is 14.7. The second-order valence-corrected chi connectivity index (χ2v) is 12.1. The van der Waals surface area contributed by atoms with Gasteiger partial charge in [0.15, 0.2) is 0 Å². The maximum atomic E-state index is 13.9. The topological polar surface area (TPSA) is 78.0 Å². The van der Waals surface area contributed by atoms with Crippen molar-refractivity contribution in [1.82, 2.24) is 9.21 Å². The zero-order chi connectivity index (χ0) is 28.4. The average Bonchev–Trinajstić information content (AvgIpc) is 3.45. The van der Waals surface area contributed by atoms with Gasteiger partial charge in [-0.3, -0.25) is 14.5 Å². The Hall–Kier alpha value is -2.93. The highest BCUT2D eigenvalue weighted by atomic mass is 35.5. The van der Waals surface area contributed by atoms with Crippen molar-refractivity contribution in [2.45, 2.75) is 24.0 Å². The van der Waals surface area contributed by atoms with Gasteiger partial charge in [0.25, 0.3) is 5.91 Å². The summed E-state index contributed by atoms with van der Waals surface area (Å²) in [4.78, 5) is 29.9. The fourth-order valence-corrected chi connectivity index (χ4v) is 6.68. The molecule has 1 atom stereocenters. The number of carbonyl (C=O) groups is 2. The zero-order valence-corrected chi connectivity index (χ0v) is 23.2. The Balaban J connectivity index is 1.63. The lowest BCUT2D eigenvalue weighted by molar-refractivity contribution is -0.137. The molecule has 7 nitrogen and oxygen atoms in total. The van der Waals surface area contributed by atoms with Crippen molar-refractivity contribution in [2.24, 2.45) is 0 Å². The molecule has 0 spiro atoms. The molecule has 39 heavy (non-hydrogen) atoms. The van der Waals surface area contributed by atoms with E-state index >= 15 is 0 Å². The highest BCUT2D eigenvalue weighted by Gasteiger charge is 2.39. The smallest absolute Gasteiger partial charge is 0.338 e. The summed E-state index contributed by atoms with van der Waals surface area (Å²) < 4.78 is 67.8. The Morgan fingerprint density at radius 1 is 1.03 bits per heavy atom. The van der Waals surface area contributed by atoms with E-state index in [0.717, 1.165) is 28.7 Å². The minimum atomic E-state index is -4.66. The Bertz CT molecular complexity index is 1420. The normalized spacial score (nSPS) is 15.7. The highest BCUT2D eigenvalue weighted by molar-refractivity contribution is 7.89. The number of nitrogens with zero attached hydrogens (tertiary/aromatic N) is 3. The summed E-state index contributed by atoms with van der Waals surface area (Å²) in [5.41, 5.74) is -0.178. The molecule has 0 radical (unpaired) electrons. The Morgan fingerprint density at radius 2 is 1.69 bits per heavy atom. The van der Waals surface area contributed by atoms with Crippen LogP contribution in [0.25, 0.3) is 0 Å². The van der Waals surface area contributed by atoms with Crippen LogP contribution in [0.2, 0.25) is 0 Å². The number of amides is 2. The lowest BCUT2D eigenvalue weighted by Gasteiger charge is -2.38. The molecule has 1 unspecified atom stereocenters. The number of hydrogen-bond donors (Lipinski definition) is 0. The van der Waals surface area contributed by atoms with Gasteiger partial charge in [-0.1, -0.05) is 29.8 Å². The maximum absolute atomic E-state index is 13.9. The largest absolute Gasteiger partial charge is 0.416 e. The monoisotopic (exact) mass is 599 g/mol. The third-order valence-corrected chi connectivity index (χ3v) is 9.41. The maximum Gasteiger partial charge on any atom is 0.416 e. The molecular weight excluding hydrogens is 575 g/mol. The van der Waals surface area contributed by atoms with Gasteiger partial charge < -0.3 is 4.90 Å². The molecule has 208 valence electrons. The molecule has 13 heteroatoms. The van der Waals surface area contributed by atoms with Crippen molar-refractivity contribution in [2.75, 3.05) is 37.0 Å². The second-order valence-electron chi connectivity index (χ2n) is 8.91. The van der Waals surface area contributed by atoms with Gasteiger partial charge in [-0.2, -0.15) is 17.5 Å². The van der Waals surface area contributed by atoms with Gasteiger partial charge in [-0.15, -0.1) is 22.9 Å². The van der Waals surface area contributed by atoms with Crippen molar-refractivity contribution >= 4 is 50.5 Å². The number of carbonyl (C=O) groups excluding carboxylic acids is 2. The van der Waals surface area contributed by atoms with E-state index < -0.39 is 45.5 Å². The molecule has 0 aliphatic carbocycles. The lowest BCUT2D eigenvalue weighted by Crippen LogP contribution is -2.54. The number of sulfonamides is 1. The molecule has 1 aliphatic heterocycles. The van der Waals surface area contributed by atoms with Crippen molar-refractivity contribution < 1.29 is 31.2 Å². The van der Waals surface area contributed by atoms with E-state index in [0.29, 0.717) is 4.88 Å². The summed E-state index contributed by atoms with van der Waals surface area (Å²) in [6.07, 6.45) is -4.66. The van der Waals surface area contributed by atoms with E-state index in [1.807, 2.05) is 6.92 Å². The quantitative estimate of drug-likeness (QED) is 0.361. The Kier molecular flexibility index (Phi) is 8.69. The van der Waals surface area contributed by atoms with E-state index in [1.165, 1.54) is 38.7 Å². The number of alkyl halides is 4. The van der Waals surface area contributed by atoms with E-state index in [1.54, 1.807) is 29.6 Å². The van der Waals surface area contributed by atoms with Gasteiger partial charge in [0.2, 0.25) is 15.9 Å². The van der Waals surface area contributed by atoms with Crippen LogP contribution >= 0.6 is 22.9 Å². The van der Waals surface area contributed by atoms with Crippen molar-refractivity contribution in [3.05, 3.63) is 82.0 Å². The van der Waals surface area contributed by atoms with Crippen molar-refractivity contribution in [3.8, 4) is 0 Å². The first kappa shape index (κ1) is 29.1. The first-order valence-electron chi connectivity index (χ1n) is 11.9. The number of benzene rings is 2. The van der Waals surface area contributed by atoms with E-state index in [-0.39, 0.29) is 36.8 Å². The summed E-state index contributed by atoms with van der Waals surface area (Å²) in [6, 6.07) is 12.6. The van der Waals surface area contributed by atoms with Crippen LogP contribution in [-0.2, 0) is 25.8 Å². The Morgan fingerprint density at radius 3 is 2.26 bits per heavy atom. The number of aryl methyl sites for hydroxylation is 1. The van der Waals surface area contributed by atoms with Crippen molar-refractivity contribution in [1.29, 1.82) is 0 Å². The molecule has 1 fully saturated rings. The zero-order valence-electron chi connectivity index (χ0n) is 20.8. The molecule has 0 N–H and O–H groups in total. The minimum Gasteiger partial charge on any atom is -0.338 e. The van der Waals surface area contributed by atoms with Crippen LogP contribution in [0.3, 0.4) is 0 Å². The first-order chi connectivity index (χ1) is 18.4. The van der Waals surface area contributed by atoms with Crippen LogP contribution in [0.15, 0.2) is 70.9 Å². The van der Waals surface area contributed by atoms with Gasteiger partial charge >= 0.3 is 6.18 Å².